The number of aliphatic carboxylic acids is 1. The fourth-order valence-corrected chi connectivity index (χ4v) is 2.60. The van der Waals surface area contributed by atoms with Gasteiger partial charge in [-0.15, -0.1) is 11.8 Å². The molecule has 0 aromatic heterocycles. The lowest BCUT2D eigenvalue weighted by atomic mass is 10.1. The fraction of sp³-hybridized carbons (Fsp3) is 0.385. The zero-order valence-electron chi connectivity index (χ0n) is 11.5. The number of anilines is 1. The SMILES string of the molecule is CC(C)(SCC(=O)Nc1ccc(Br)cc1F)[C@H](N)C(=O)O. The molecule has 116 valence electrons. The molecule has 0 aliphatic carbocycles. The minimum Gasteiger partial charge on any atom is -0.480 e. The number of carbonyl (C=O) groups is 2. The quantitative estimate of drug-likeness (QED) is 0.706. The molecule has 1 amide bonds. The number of thioether (sulfide) groups is 1. The van der Waals surface area contributed by atoms with E-state index in [9.17, 15) is 14.0 Å². The molecule has 0 aliphatic heterocycles. The fourth-order valence-electron chi connectivity index (χ4n) is 1.42. The van der Waals surface area contributed by atoms with Crippen molar-refractivity contribution in [2.75, 3.05) is 11.1 Å². The highest BCUT2D eigenvalue weighted by molar-refractivity contribution is 9.10. The maximum Gasteiger partial charge on any atom is 0.321 e. The van der Waals surface area contributed by atoms with Gasteiger partial charge in [-0.2, -0.15) is 0 Å². The first-order chi connectivity index (χ1) is 9.63. The molecule has 5 nitrogen and oxygen atoms in total. The van der Waals surface area contributed by atoms with E-state index in [4.69, 9.17) is 10.8 Å². The molecule has 0 saturated carbocycles. The zero-order chi connectivity index (χ0) is 16.2. The van der Waals surface area contributed by atoms with Gasteiger partial charge >= 0.3 is 5.97 Å². The van der Waals surface area contributed by atoms with Crippen molar-refractivity contribution in [1.82, 2.24) is 0 Å². The Kier molecular flexibility index (Phi) is 6.18. The number of carboxylic acid groups (broad SMARTS) is 1. The second kappa shape index (κ2) is 7.24. The van der Waals surface area contributed by atoms with Crippen LogP contribution in [0.15, 0.2) is 22.7 Å². The first-order valence-corrected chi connectivity index (χ1v) is 7.78. The van der Waals surface area contributed by atoms with Crippen LogP contribution in [0.5, 0.6) is 0 Å². The van der Waals surface area contributed by atoms with Gasteiger partial charge in [0.1, 0.15) is 11.9 Å². The van der Waals surface area contributed by atoms with Crippen LogP contribution in [-0.4, -0.2) is 33.5 Å². The van der Waals surface area contributed by atoms with E-state index < -0.39 is 28.5 Å². The summed E-state index contributed by atoms with van der Waals surface area (Å²) in [7, 11) is 0. The summed E-state index contributed by atoms with van der Waals surface area (Å²) in [4.78, 5) is 22.7. The van der Waals surface area contributed by atoms with Gasteiger partial charge in [-0.25, -0.2) is 4.39 Å². The molecule has 8 heteroatoms. The average Bonchev–Trinajstić information content (AvgIpc) is 2.39. The van der Waals surface area contributed by atoms with Gasteiger partial charge in [0.25, 0.3) is 0 Å². The summed E-state index contributed by atoms with van der Waals surface area (Å²) in [6.07, 6.45) is 0. The summed E-state index contributed by atoms with van der Waals surface area (Å²) in [5, 5.41) is 11.3. The number of carbonyl (C=O) groups excluding carboxylic acids is 1. The van der Waals surface area contributed by atoms with Crippen LogP contribution in [0.2, 0.25) is 0 Å². The maximum atomic E-state index is 13.6. The molecule has 4 N–H and O–H groups in total. The monoisotopic (exact) mass is 378 g/mol. The molecule has 0 aliphatic rings. The van der Waals surface area contributed by atoms with E-state index in [1.165, 1.54) is 12.1 Å². The molecule has 1 atom stereocenters. The smallest absolute Gasteiger partial charge is 0.321 e. The molecule has 1 aromatic carbocycles. The maximum absolute atomic E-state index is 13.6. The van der Waals surface area contributed by atoms with Crippen molar-refractivity contribution in [3.05, 3.63) is 28.5 Å². The van der Waals surface area contributed by atoms with E-state index in [-0.39, 0.29) is 11.4 Å². The normalized spacial score (nSPS) is 12.8. The van der Waals surface area contributed by atoms with Crippen LogP contribution < -0.4 is 11.1 Å². The van der Waals surface area contributed by atoms with Gasteiger partial charge in [0.05, 0.1) is 11.4 Å². The average molecular weight is 379 g/mol. The summed E-state index contributed by atoms with van der Waals surface area (Å²) < 4.78 is 13.3. The van der Waals surface area contributed by atoms with Crippen molar-refractivity contribution < 1.29 is 19.1 Å². The summed E-state index contributed by atoms with van der Waals surface area (Å²) in [5.74, 6) is -2.13. The number of carboxylic acids is 1. The third kappa shape index (κ3) is 5.29. The molecule has 0 radical (unpaired) electrons. The van der Waals surface area contributed by atoms with E-state index in [1.807, 2.05) is 0 Å². The first kappa shape index (κ1) is 17.9. The highest BCUT2D eigenvalue weighted by atomic mass is 79.9. The number of rotatable bonds is 6. The minimum atomic E-state index is -1.13. The number of benzene rings is 1. The molecular formula is C13H16BrFN2O3S. The molecule has 1 aromatic rings. The standard InChI is InChI=1S/C13H16BrFN2O3S/c1-13(2,11(16)12(19)20)21-6-10(18)17-9-4-3-7(14)5-8(9)15/h3-5,11H,6,16H2,1-2H3,(H,17,18)(H,19,20)/t11-/m1/s1. The van der Waals surface area contributed by atoms with Crippen LogP contribution >= 0.6 is 27.7 Å². The summed E-state index contributed by atoms with van der Waals surface area (Å²) >= 11 is 4.22. The van der Waals surface area contributed by atoms with Crippen LogP contribution in [0.3, 0.4) is 0 Å². The van der Waals surface area contributed by atoms with Gasteiger partial charge in [0.2, 0.25) is 5.91 Å². The lowest BCUT2D eigenvalue weighted by Gasteiger charge is -2.27. The molecule has 1 rings (SSSR count). The van der Waals surface area contributed by atoms with E-state index in [0.29, 0.717) is 4.47 Å². The van der Waals surface area contributed by atoms with Crippen LogP contribution in [0, 0.1) is 5.82 Å². The summed E-state index contributed by atoms with van der Waals surface area (Å²) in [6, 6.07) is 3.19. The molecule has 0 spiro atoms. The molecule has 0 unspecified atom stereocenters. The van der Waals surface area contributed by atoms with Gasteiger partial charge in [0.15, 0.2) is 0 Å². The number of hydrogen-bond donors (Lipinski definition) is 3. The van der Waals surface area contributed by atoms with Crippen LogP contribution in [0.4, 0.5) is 10.1 Å². The molecular weight excluding hydrogens is 363 g/mol. The zero-order valence-corrected chi connectivity index (χ0v) is 13.9. The van der Waals surface area contributed by atoms with Gasteiger partial charge in [-0.05, 0) is 32.0 Å². The van der Waals surface area contributed by atoms with Gasteiger partial charge in [0, 0.05) is 9.22 Å². The number of hydrogen-bond acceptors (Lipinski definition) is 4. The van der Waals surface area contributed by atoms with Crippen LogP contribution in [-0.2, 0) is 9.59 Å². The lowest BCUT2D eigenvalue weighted by molar-refractivity contribution is -0.139. The number of amides is 1. The Morgan fingerprint density at radius 2 is 2.14 bits per heavy atom. The topological polar surface area (TPSA) is 92.4 Å². The molecule has 0 heterocycles. The number of halogens is 2. The van der Waals surface area contributed by atoms with Crippen molar-refractivity contribution in [3.8, 4) is 0 Å². The highest BCUT2D eigenvalue weighted by Gasteiger charge is 2.33. The van der Waals surface area contributed by atoms with Crippen molar-refractivity contribution in [2.24, 2.45) is 5.73 Å². The van der Waals surface area contributed by atoms with E-state index in [2.05, 4.69) is 21.2 Å². The lowest BCUT2D eigenvalue weighted by Crippen LogP contribution is -2.47. The second-order valence-corrected chi connectivity index (χ2v) is 7.43. The Hall–Kier alpha value is -1.12. The van der Waals surface area contributed by atoms with E-state index in [1.54, 1.807) is 19.9 Å². The third-order valence-electron chi connectivity index (χ3n) is 2.80. The number of nitrogens with one attached hydrogen (secondary N) is 1. The van der Waals surface area contributed by atoms with Gasteiger partial charge in [-0.3, -0.25) is 9.59 Å². The van der Waals surface area contributed by atoms with Crippen LogP contribution in [0.25, 0.3) is 0 Å². The molecule has 21 heavy (non-hydrogen) atoms. The van der Waals surface area contributed by atoms with E-state index in [0.717, 1.165) is 11.8 Å². The Balaban J connectivity index is 2.60. The predicted octanol–water partition coefficient (Wildman–Crippen LogP) is 2.45. The minimum absolute atomic E-state index is 0.0243. The van der Waals surface area contributed by atoms with Gasteiger partial charge < -0.3 is 16.2 Å². The Labute approximate surface area is 134 Å². The Bertz CT molecular complexity index is 554. The molecule has 0 saturated heterocycles. The van der Waals surface area contributed by atoms with Crippen molar-refractivity contribution in [3.63, 3.8) is 0 Å². The molecule has 0 bridgehead atoms. The first-order valence-electron chi connectivity index (χ1n) is 6.00. The Morgan fingerprint density at radius 1 is 1.52 bits per heavy atom. The largest absolute Gasteiger partial charge is 0.480 e. The second-order valence-electron chi connectivity index (χ2n) is 4.88. The third-order valence-corrected chi connectivity index (χ3v) is 4.69. The predicted molar refractivity (Wildman–Crippen MR) is 84.9 cm³/mol. The highest BCUT2D eigenvalue weighted by Crippen LogP contribution is 2.28. The van der Waals surface area contributed by atoms with Crippen molar-refractivity contribution in [1.29, 1.82) is 0 Å². The van der Waals surface area contributed by atoms with Crippen LogP contribution in [0.1, 0.15) is 13.8 Å². The Morgan fingerprint density at radius 3 is 2.67 bits per heavy atom. The van der Waals surface area contributed by atoms with Crippen molar-refractivity contribution in [2.45, 2.75) is 24.6 Å². The van der Waals surface area contributed by atoms with Gasteiger partial charge in [-0.1, -0.05) is 15.9 Å². The van der Waals surface area contributed by atoms with E-state index >= 15 is 0 Å². The van der Waals surface area contributed by atoms with Crippen molar-refractivity contribution >= 4 is 45.3 Å². The number of nitrogens with two attached hydrogens (primary N) is 1. The molecule has 0 fully saturated rings. The summed E-state index contributed by atoms with van der Waals surface area (Å²) in [5.41, 5.74) is 5.63. The summed E-state index contributed by atoms with van der Waals surface area (Å²) in [6.45, 7) is 3.29.